The molecule has 0 unspecified atom stereocenters. The molecule has 0 spiro atoms. The van der Waals surface area contributed by atoms with E-state index in [0.717, 1.165) is 12.1 Å². The Morgan fingerprint density at radius 1 is 0.548 bits per heavy atom. The van der Waals surface area contributed by atoms with Crippen LogP contribution in [0.15, 0.2) is 84.9 Å². The lowest BCUT2D eigenvalue weighted by molar-refractivity contribution is -0.377. The van der Waals surface area contributed by atoms with Crippen molar-refractivity contribution >= 4 is 11.8 Å². The minimum Gasteiger partial charge on any atom is -0.487 e. The number of benzene rings is 4. The summed E-state index contributed by atoms with van der Waals surface area (Å²) in [7, 11) is 0. The minimum atomic E-state index is -6.59. The number of Topliss-reactive ketones (excluding diaryl/α,β-unsaturated/α-hetero) is 1. The van der Waals surface area contributed by atoms with Crippen LogP contribution in [0.1, 0.15) is 92.6 Å². The highest BCUT2D eigenvalue weighted by Crippen LogP contribution is 2.55. The Labute approximate surface area is 347 Å². The van der Waals surface area contributed by atoms with E-state index >= 15 is 0 Å². The second kappa shape index (κ2) is 17.1. The molecular weight excluding hydrogens is 856 g/mol. The van der Waals surface area contributed by atoms with E-state index in [1.807, 2.05) is 6.92 Å². The molecule has 4 aromatic rings. The molecule has 0 atom stereocenters. The smallest absolute Gasteiger partial charge is 0.430 e. The highest BCUT2D eigenvalue weighted by atomic mass is 19.4. The van der Waals surface area contributed by atoms with Crippen LogP contribution in [0, 0.1) is 5.41 Å². The van der Waals surface area contributed by atoms with Gasteiger partial charge in [0, 0.05) is 22.1 Å². The molecule has 19 heteroatoms. The molecule has 7 nitrogen and oxygen atoms in total. The molecule has 0 saturated carbocycles. The maximum atomic E-state index is 14.3. The second-order valence-electron chi connectivity index (χ2n) is 15.6. The van der Waals surface area contributed by atoms with E-state index < -0.39 is 92.6 Å². The summed E-state index contributed by atoms with van der Waals surface area (Å²) in [5.74, 6) is -6.53. The number of alkyl halides is 12. The lowest BCUT2D eigenvalue weighted by Crippen LogP contribution is -2.54. The number of ether oxygens (including phenoxy) is 3. The van der Waals surface area contributed by atoms with E-state index in [9.17, 15) is 72.5 Å². The van der Waals surface area contributed by atoms with Crippen LogP contribution in [0.4, 0.5) is 52.7 Å². The maximum Gasteiger partial charge on any atom is 0.430 e. The van der Waals surface area contributed by atoms with E-state index in [1.54, 1.807) is 45.0 Å². The zero-order valence-corrected chi connectivity index (χ0v) is 33.7. The van der Waals surface area contributed by atoms with Crippen LogP contribution in [0.25, 0.3) is 11.1 Å². The van der Waals surface area contributed by atoms with E-state index in [-0.39, 0.29) is 24.3 Å². The highest BCUT2D eigenvalue weighted by Gasteiger charge is 2.73. The third-order valence-electron chi connectivity index (χ3n) is 10.1. The summed E-state index contributed by atoms with van der Waals surface area (Å²) in [4.78, 5) is 26.0. The molecule has 0 aliphatic carbocycles. The standard InChI is InChI=1S/C43H40F12O7/c1-7-21-37(5,6)62-33-20-18-29(23-31(33)39(59,42(50,51)52)43(53,54)55)60-28-17-19-32(30(22-28)38(58,40(44,45)46)41(47,48)49)61-35(57)27-15-11-25(12-16-27)24-9-13-26(14-10-24)34(56)36(3,4)8-2/h9-20,22-23,58-59H,7-8,21H2,1-6H3. The molecule has 2 N–H and O–H groups in total. The first-order valence-electron chi connectivity index (χ1n) is 18.6. The van der Waals surface area contributed by atoms with Crippen molar-refractivity contribution in [2.75, 3.05) is 0 Å². The van der Waals surface area contributed by atoms with Gasteiger partial charge in [0.25, 0.3) is 11.2 Å². The first-order chi connectivity index (χ1) is 28.2. The largest absolute Gasteiger partial charge is 0.487 e. The van der Waals surface area contributed by atoms with Crippen molar-refractivity contribution in [1.82, 2.24) is 0 Å². The number of hydrogen-bond donors (Lipinski definition) is 2. The molecule has 0 aromatic heterocycles. The van der Waals surface area contributed by atoms with Crippen molar-refractivity contribution in [2.24, 2.45) is 5.41 Å². The maximum absolute atomic E-state index is 14.3. The van der Waals surface area contributed by atoms with Gasteiger partial charge in [-0.05, 0) is 86.3 Å². The summed E-state index contributed by atoms with van der Waals surface area (Å²) in [6.07, 6.45) is -25.1. The van der Waals surface area contributed by atoms with Crippen LogP contribution in [0.3, 0.4) is 0 Å². The average Bonchev–Trinajstić information content (AvgIpc) is 3.16. The number of hydrogen-bond acceptors (Lipinski definition) is 7. The number of rotatable bonds is 14. The molecule has 0 heterocycles. The van der Waals surface area contributed by atoms with Crippen LogP contribution in [-0.4, -0.2) is 52.3 Å². The Balaban J connectivity index is 1.78. The lowest BCUT2D eigenvalue weighted by Gasteiger charge is -2.36. The predicted octanol–water partition coefficient (Wildman–Crippen LogP) is 12.6. The third kappa shape index (κ3) is 9.83. The lowest BCUT2D eigenvalue weighted by atomic mass is 9.82. The van der Waals surface area contributed by atoms with Gasteiger partial charge in [0.05, 0.1) is 5.56 Å². The Bertz CT molecular complexity index is 2210. The topological polar surface area (TPSA) is 102 Å². The van der Waals surface area contributed by atoms with Gasteiger partial charge in [-0.1, -0.05) is 70.5 Å². The Morgan fingerprint density at radius 2 is 0.935 bits per heavy atom. The van der Waals surface area contributed by atoms with Crippen LogP contribution in [0.2, 0.25) is 0 Å². The van der Waals surface area contributed by atoms with Gasteiger partial charge in [0.2, 0.25) is 0 Å². The monoisotopic (exact) mass is 896 g/mol. The van der Waals surface area contributed by atoms with Gasteiger partial charge in [-0.25, -0.2) is 4.79 Å². The Hall–Kier alpha value is -5.30. The van der Waals surface area contributed by atoms with Gasteiger partial charge in [-0.3, -0.25) is 4.79 Å². The molecule has 0 saturated heterocycles. The molecule has 0 radical (unpaired) electrons. The Kier molecular flexibility index (Phi) is 13.6. The summed E-state index contributed by atoms with van der Waals surface area (Å²) in [6.45, 7) is 9.69. The SMILES string of the molecule is CCCC(C)(C)Oc1ccc(Oc2ccc(OC(=O)c3ccc(-c4ccc(C(=O)C(C)(C)CC)cc4)cc3)c(C(O)(C(F)(F)F)C(F)(F)F)c2)cc1C(O)(C(F)(F)F)C(F)(F)F. The van der Waals surface area contributed by atoms with Gasteiger partial charge < -0.3 is 24.4 Å². The van der Waals surface area contributed by atoms with Crippen LogP contribution in [0.5, 0.6) is 23.0 Å². The summed E-state index contributed by atoms with van der Waals surface area (Å²) >= 11 is 0. The molecular formula is C43H40F12O7. The van der Waals surface area contributed by atoms with E-state index in [0.29, 0.717) is 53.8 Å². The summed E-state index contributed by atoms with van der Waals surface area (Å²) in [5.41, 5.74) is -16.6. The van der Waals surface area contributed by atoms with Gasteiger partial charge in [0.15, 0.2) is 5.78 Å². The predicted molar refractivity (Wildman–Crippen MR) is 200 cm³/mol. The van der Waals surface area contributed by atoms with Crippen LogP contribution in [-0.2, 0) is 11.2 Å². The number of halogens is 12. The zero-order valence-electron chi connectivity index (χ0n) is 33.7. The summed E-state index contributed by atoms with van der Waals surface area (Å²) < 4.78 is 186. The zero-order chi connectivity index (χ0) is 47.1. The summed E-state index contributed by atoms with van der Waals surface area (Å²) in [6, 6.07) is 13.2. The summed E-state index contributed by atoms with van der Waals surface area (Å²) in [5, 5.41) is 20.7. The van der Waals surface area contributed by atoms with Crippen molar-refractivity contribution in [3.05, 3.63) is 107 Å². The normalized spacial score (nSPS) is 13.5. The van der Waals surface area contributed by atoms with E-state index in [4.69, 9.17) is 14.2 Å². The quantitative estimate of drug-likeness (QED) is 0.0562. The second-order valence-corrected chi connectivity index (χ2v) is 15.6. The molecule has 0 fully saturated rings. The van der Waals surface area contributed by atoms with Crippen molar-refractivity contribution in [2.45, 2.75) is 102 Å². The first-order valence-corrected chi connectivity index (χ1v) is 18.6. The first kappa shape index (κ1) is 49.4. The van der Waals surface area contributed by atoms with Gasteiger partial charge in [-0.2, -0.15) is 52.7 Å². The molecule has 62 heavy (non-hydrogen) atoms. The molecule has 338 valence electrons. The molecule has 4 rings (SSSR count). The number of aliphatic hydroxyl groups is 2. The van der Waals surface area contributed by atoms with Gasteiger partial charge >= 0.3 is 30.7 Å². The molecule has 0 aliphatic rings. The van der Waals surface area contributed by atoms with Gasteiger partial charge in [0.1, 0.15) is 28.6 Å². The molecule has 4 aromatic carbocycles. The van der Waals surface area contributed by atoms with Crippen LogP contribution < -0.4 is 14.2 Å². The van der Waals surface area contributed by atoms with Crippen molar-refractivity contribution in [3.8, 4) is 34.1 Å². The van der Waals surface area contributed by atoms with Crippen molar-refractivity contribution in [1.29, 1.82) is 0 Å². The number of esters is 1. The van der Waals surface area contributed by atoms with Crippen molar-refractivity contribution < 1.29 is 86.7 Å². The third-order valence-corrected chi connectivity index (χ3v) is 10.1. The molecule has 0 aliphatic heterocycles. The minimum absolute atomic E-state index is 0.0175. The molecule has 0 amide bonds. The Morgan fingerprint density at radius 3 is 1.32 bits per heavy atom. The average molecular weight is 897 g/mol. The van der Waals surface area contributed by atoms with E-state index in [2.05, 4.69) is 0 Å². The number of carbonyl (C=O) groups excluding carboxylic acids is 2. The van der Waals surface area contributed by atoms with Crippen molar-refractivity contribution in [3.63, 3.8) is 0 Å². The fourth-order valence-corrected chi connectivity index (χ4v) is 6.23. The number of ketones is 1. The van der Waals surface area contributed by atoms with Crippen LogP contribution >= 0.6 is 0 Å². The highest BCUT2D eigenvalue weighted by molar-refractivity contribution is 6.00. The van der Waals surface area contributed by atoms with E-state index in [1.165, 1.54) is 26.0 Å². The fourth-order valence-electron chi connectivity index (χ4n) is 6.23. The molecule has 0 bridgehead atoms. The fraction of sp³-hybridized carbons (Fsp3) is 0.395. The van der Waals surface area contributed by atoms with Gasteiger partial charge in [-0.15, -0.1) is 0 Å². The number of carbonyl (C=O) groups is 2.